The Bertz CT molecular complexity index is 1410. The highest BCUT2D eigenvalue weighted by atomic mass is 19.2. The van der Waals surface area contributed by atoms with Crippen molar-refractivity contribution in [2.75, 3.05) is 13.2 Å². The number of hydrogen-bond acceptors (Lipinski definition) is 6. The van der Waals surface area contributed by atoms with Crippen LogP contribution in [0, 0.1) is 23.4 Å². The summed E-state index contributed by atoms with van der Waals surface area (Å²) in [5, 5.41) is 15.7. The van der Waals surface area contributed by atoms with Crippen LogP contribution in [0.3, 0.4) is 0 Å². The maximum atomic E-state index is 13.8. The first-order valence-electron chi connectivity index (χ1n) is 12.2. The number of benzene rings is 3. The van der Waals surface area contributed by atoms with E-state index in [4.69, 9.17) is 9.47 Å². The Kier molecular flexibility index (Phi) is 10.1. The van der Waals surface area contributed by atoms with Gasteiger partial charge in [0.2, 0.25) is 5.91 Å². The van der Waals surface area contributed by atoms with Crippen LogP contribution in [0.15, 0.2) is 54.6 Å². The van der Waals surface area contributed by atoms with E-state index in [9.17, 15) is 37.5 Å². The van der Waals surface area contributed by atoms with Gasteiger partial charge in [0.15, 0.2) is 35.6 Å². The molecule has 0 radical (unpaired) electrons. The zero-order valence-corrected chi connectivity index (χ0v) is 21.6. The van der Waals surface area contributed by atoms with Gasteiger partial charge in [-0.1, -0.05) is 50.2 Å². The number of carboxylic acid groups (broad SMARTS) is 1. The highest BCUT2D eigenvalue weighted by molar-refractivity contribution is 5.95. The van der Waals surface area contributed by atoms with Crippen LogP contribution in [0.1, 0.15) is 20.3 Å². The molecule has 0 unspecified atom stereocenters. The number of carbonyl (C=O) groups is 4. The number of carbonyl (C=O) groups excluding carboxylic acids is 3. The zero-order chi connectivity index (χ0) is 29.4. The molecule has 2 amide bonds. The van der Waals surface area contributed by atoms with E-state index in [2.05, 4.69) is 10.6 Å². The van der Waals surface area contributed by atoms with Crippen molar-refractivity contribution in [2.24, 2.45) is 5.92 Å². The molecule has 2 atom stereocenters. The number of hydrogen-bond donors (Lipinski definition) is 3. The molecule has 0 saturated heterocycles. The van der Waals surface area contributed by atoms with E-state index in [1.54, 1.807) is 26.0 Å². The molecule has 0 bridgehead atoms. The van der Waals surface area contributed by atoms with E-state index >= 15 is 0 Å². The van der Waals surface area contributed by atoms with Crippen LogP contribution in [-0.2, 0) is 19.2 Å². The van der Waals surface area contributed by atoms with E-state index in [0.717, 1.165) is 10.8 Å². The second-order valence-corrected chi connectivity index (χ2v) is 9.17. The molecule has 212 valence electrons. The molecule has 0 heterocycles. The lowest BCUT2D eigenvalue weighted by Gasteiger charge is -2.24. The van der Waals surface area contributed by atoms with Crippen molar-refractivity contribution in [3.05, 3.63) is 72.0 Å². The molecule has 0 saturated carbocycles. The fourth-order valence-electron chi connectivity index (χ4n) is 3.76. The molecule has 3 N–H and O–H groups in total. The van der Waals surface area contributed by atoms with Crippen LogP contribution in [0.2, 0.25) is 0 Å². The number of ether oxygens (including phenoxy) is 2. The second-order valence-electron chi connectivity index (χ2n) is 9.17. The number of amides is 2. The van der Waals surface area contributed by atoms with Gasteiger partial charge in [0.1, 0.15) is 24.4 Å². The van der Waals surface area contributed by atoms with Crippen molar-refractivity contribution in [3.8, 4) is 11.5 Å². The van der Waals surface area contributed by atoms with Crippen LogP contribution < -0.4 is 20.1 Å². The molecule has 3 aromatic rings. The topological polar surface area (TPSA) is 131 Å². The molecular weight excluding hydrogens is 533 g/mol. The van der Waals surface area contributed by atoms with Gasteiger partial charge < -0.3 is 25.2 Å². The van der Waals surface area contributed by atoms with Crippen LogP contribution >= 0.6 is 0 Å². The van der Waals surface area contributed by atoms with Crippen LogP contribution in [0.25, 0.3) is 10.8 Å². The molecule has 40 heavy (non-hydrogen) atoms. The summed E-state index contributed by atoms with van der Waals surface area (Å²) in [5.74, 6) is -8.86. The van der Waals surface area contributed by atoms with Crippen LogP contribution in [-0.4, -0.2) is 54.0 Å². The third kappa shape index (κ3) is 7.95. The third-order valence-corrected chi connectivity index (χ3v) is 5.80. The fourth-order valence-corrected chi connectivity index (χ4v) is 3.76. The van der Waals surface area contributed by atoms with Gasteiger partial charge in [-0.15, -0.1) is 0 Å². The fraction of sp³-hybridized carbons (Fsp3) is 0.286. The van der Waals surface area contributed by atoms with Crippen molar-refractivity contribution in [1.82, 2.24) is 10.6 Å². The standard InChI is InChI=1S/C28H27F3N2O7/c1-15(2)27(33-25(35)14-40-23-9-5-7-16-6-3-4-8-17(16)23)28(38)32-21(12-26(36)37)22(34)13-39-24-11-19(30)18(29)10-20(24)31/h3-11,15,21,27H,12-14H2,1-2H3,(H,32,38)(H,33,35)(H,36,37)/t21-,27-/m0/s1. The zero-order valence-electron chi connectivity index (χ0n) is 21.6. The van der Waals surface area contributed by atoms with Crippen molar-refractivity contribution in [1.29, 1.82) is 0 Å². The number of ketones is 1. The average Bonchev–Trinajstić information content (AvgIpc) is 2.90. The van der Waals surface area contributed by atoms with Gasteiger partial charge in [-0.05, 0) is 17.4 Å². The smallest absolute Gasteiger partial charge is 0.305 e. The summed E-state index contributed by atoms with van der Waals surface area (Å²) >= 11 is 0. The molecule has 0 aromatic heterocycles. The lowest BCUT2D eigenvalue weighted by Crippen LogP contribution is -2.55. The number of nitrogens with one attached hydrogen (secondary N) is 2. The average molecular weight is 561 g/mol. The lowest BCUT2D eigenvalue weighted by molar-refractivity contribution is -0.141. The van der Waals surface area contributed by atoms with Gasteiger partial charge in [0.25, 0.3) is 5.91 Å². The summed E-state index contributed by atoms with van der Waals surface area (Å²) in [4.78, 5) is 49.5. The highest BCUT2D eigenvalue weighted by Gasteiger charge is 2.30. The molecule has 12 heteroatoms. The SMILES string of the molecule is CC(C)[C@H](NC(=O)COc1cccc2ccccc12)C(=O)N[C@@H](CC(=O)O)C(=O)COc1cc(F)c(F)cc1F. The van der Waals surface area contributed by atoms with Gasteiger partial charge in [0, 0.05) is 17.5 Å². The van der Waals surface area contributed by atoms with Crippen molar-refractivity contribution >= 4 is 34.3 Å². The predicted octanol–water partition coefficient (Wildman–Crippen LogP) is 3.38. The van der Waals surface area contributed by atoms with Gasteiger partial charge in [0.05, 0.1) is 6.42 Å². The van der Waals surface area contributed by atoms with Crippen molar-refractivity contribution < 1.29 is 46.9 Å². The van der Waals surface area contributed by atoms with E-state index in [-0.39, 0.29) is 6.07 Å². The molecule has 0 aliphatic heterocycles. The minimum absolute atomic E-state index is 0.228. The first kappa shape index (κ1) is 29.9. The Morgan fingerprint density at radius 1 is 0.825 bits per heavy atom. The third-order valence-electron chi connectivity index (χ3n) is 5.80. The molecular formula is C28H27F3N2O7. The maximum absolute atomic E-state index is 13.8. The summed E-state index contributed by atoms with van der Waals surface area (Å²) < 4.78 is 50.8. The summed E-state index contributed by atoms with van der Waals surface area (Å²) in [5.41, 5.74) is 0. The summed E-state index contributed by atoms with van der Waals surface area (Å²) in [6.45, 7) is 1.88. The molecule has 3 rings (SSSR count). The minimum atomic E-state index is -1.62. The van der Waals surface area contributed by atoms with Gasteiger partial charge >= 0.3 is 5.97 Å². The van der Waals surface area contributed by atoms with Crippen molar-refractivity contribution in [2.45, 2.75) is 32.4 Å². The first-order chi connectivity index (χ1) is 19.0. The summed E-state index contributed by atoms with van der Waals surface area (Å²) in [6.07, 6.45) is -0.850. The number of fused-ring (bicyclic) bond motifs is 1. The monoisotopic (exact) mass is 560 g/mol. The second kappa shape index (κ2) is 13.5. The number of halogens is 3. The Labute approximate surface area is 227 Å². The molecule has 0 aliphatic rings. The normalized spacial score (nSPS) is 12.4. The van der Waals surface area contributed by atoms with E-state index in [1.165, 1.54) is 0 Å². The molecule has 0 spiro atoms. The maximum Gasteiger partial charge on any atom is 0.305 e. The van der Waals surface area contributed by atoms with E-state index in [0.29, 0.717) is 11.8 Å². The molecule has 3 aromatic carbocycles. The largest absolute Gasteiger partial charge is 0.483 e. The molecule has 0 fully saturated rings. The Hall–Kier alpha value is -4.61. The number of aliphatic carboxylic acids is 1. The highest BCUT2D eigenvalue weighted by Crippen LogP contribution is 2.25. The van der Waals surface area contributed by atoms with E-state index in [1.807, 2.05) is 30.3 Å². The Morgan fingerprint density at radius 2 is 1.48 bits per heavy atom. The Balaban J connectivity index is 1.63. The Morgan fingerprint density at radius 3 is 2.17 bits per heavy atom. The van der Waals surface area contributed by atoms with Crippen LogP contribution in [0.4, 0.5) is 13.2 Å². The minimum Gasteiger partial charge on any atom is -0.483 e. The predicted molar refractivity (Wildman–Crippen MR) is 137 cm³/mol. The number of rotatable bonds is 13. The van der Waals surface area contributed by atoms with E-state index < -0.39 is 84.4 Å². The molecule has 0 aliphatic carbocycles. The van der Waals surface area contributed by atoms with Gasteiger partial charge in [-0.2, -0.15) is 0 Å². The summed E-state index contributed by atoms with van der Waals surface area (Å²) in [6, 6.07) is 10.6. The van der Waals surface area contributed by atoms with Crippen LogP contribution in [0.5, 0.6) is 11.5 Å². The first-order valence-corrected chi connectivity index (χ1v) is 12.2. The number of Topliss-reactive ketones (excluding diaryl/α,β-unsaturated/α-hetero) is 1. The molecule has 9 nitrogen and oxygen atoms in total. The van der Waals surface area contributed by atoms with Gasteiger partial charge in [-0.3, -0.25) is 19.2 Å². The summed E-state index contributed by atoms with van der Waals surface area (Å²) in [7, 11) is 0. The quantitative estimate of drug-likeness (QED) is 0.273. The lowest BCUT2D eigenvalue weighted by atomic mass is 10.0. The number of carboxylic acids is 1. The van der Waals surface area contributed by atoms with Gasteiger partial charge in [-0.25, -0.2) is 13.2 Å². The van der Waals surface area contributed by atoms with Crippen molar-refractivity contribution in [3.63, 3.8) is 0 Å².